The number of anilines is 1. The lowest BCUT2D eigenvalue weighted by Crippen LogP contribution is -2.34. The fraction of sp³-hybridized carbons (Fsp3) is 0.474. The molecule has 5 heteroatoms. The van der Waals surface area contributed by atoms with E-state index < -0.39 is 0 Å². The van der Waals surface area contributed by atoms with Crippen molar-refractivity contribution in [2.45, 2.75) is 52.0 Å². The van der Waals surface area contributed by atoms with Crippen LogP contribution in [0.3, 0.4) is 0 Å². The maximum absolute atomic E-state index is 12.6. The molecule has 3 rings (SSSR count). The molecule has 0 aliphatic carbocycles. The molecule has 5 nitrogen and oxygen atoms in total. The van der Waals surface area contributed by atoms with Crippen LogP contribution in [0.4, 0.5) is 10.5 Å². The van der Waals surface area contributed by atoms with Crippen LogP contribution in [0.25, 0.3) is 0 Å². The first-order chi connectivity index (χ1) is 11.7. The Bertz CT molecular complexity index is 678. The number of rotatable bonds is 5. The third-order valence-corrected chi connectivity index (χ3v) is 4.54. The summed E-state index contributed by atoms with van der Waals surface area (Å²) in [7, 11) is 0. The summed E-state index contributed by atoms with van der Waals surface area (Å²) < 4.78 is 5.38. The van der Waals surface area contributed by atoms with Gasteiger partial charge in [0.05, 0.1) is 6.04 Å². The van der Waals surface area contributed by atoms with Crippen molar-refractivity contribution in [1.29, 1.82) is 0 Å². The molecular formula is C19H25N3O2. The second-order valence-corrected chi connectivity index (χ2v) is 6.30. The summed E-state index contributed by atoms with van der Waals surface area (Å²) >= 11 is 0. The maximum atomic E-state index is 12.6. The van der Waals surface area contributed by atoms with Gasteiger partial charge in [-0.15, -0.1) is 0 Å². The first-order valence-corrected chi connectivity index (χ1v) is 8.83. The summed E-state index contributed by atoms with van der Waals surface area (Å²) in [5.41, 5.74) is 2.96. The molecule has 24 heavy (non-hydrogen) atoms. The summed E-state index contributed by atoms with van der Waals surface area (Å²) in [5.74, 6) is 0.898. The van der Waals surface area contributed by atoms with E-state index in [1.165, 1.54) is 5.56 Å². The lowest BCUT2D eigenvalue weighted by Gasteiger charge is -2.23. The number of aryl methyl sites for hydroxylation is 2. The van der Waals surface area contributed by atoms with E-state index in [-0.39, 0.29) is 12.1 Å². The van der Waals surface area contributed by atoms with Crippen LogP contribution < -0.4 is 5.32 Å². The van der Waals surface area contributed by atoms with Gasteiger partial charge < -0.3 is 14.7 Å². The Morgan fingerprint density at radius 2 is 2.12 bits per heavy atom. The average molecular weight is 327 g/mol. The van der Waals surface area contributed by atoms with Gasteiger partial charge in [0.2, 0.25) is 0 Å². The van der Waals surface area contributed by atoms with Gasteiger partial charge in [0.1, 0.15) is 11.5 Å². The van der Waals surface area contributed by atoms with E-state index in [2.05, 4.69) is 24.3 Å². The summed E-state index contributed by atoms with van der Waals surface area (Å²) in [5, 5.41) is 7.18. The Balaban J connectivity index is 1.68. The molecule has 1 aliphatic heterocycles. The maximum Gasteiger partial charge on any atom is 0.322 e. The topological polar surface area (TPSA) is 58.4 Å². The molecule has 0 bridgehead atoms. The van der Waals surface area contributed by atoms with Crippen LogP contribution in [0.2, 0.25) is 0 Å². The fourth-order valence-corrected chi connectivity index (χ4v) is 3.19. The van der Waals surface area contributed by atoms with Crippen LogP contribution in [0.15, 0.2) is 34.9 Å². The van der Waals surface area contributed by atoms with Crippen molar-refractivity contribution in [3.63, 3.8) is 0 Å². The molecule has 1 fully saturated rings. The summed E-state index contributed by atoms with van der Waals surface area (Å²) in [4.78, 5) is 14.5. The Morgan fingerprint density at radius 1 is 1.33 bits per heavy atom. The second-order valence-electron chi connectivity index (χ2n) is 6.30. The highest BCUT2D eigenvalue weighted by molar-refractivity contribution is 5.89. The third-order valence-electron chi connectivity index (χ3n) is 4.54. The van der Waals surface area contributed by atoms with Gasteiger partial charge in [-0.1, -0.05) is 31.1 Å². The predicted octanol–water partition coefficient (Wildman–Crippen LogP) is 4.56. The monoisotopic (exact) mass is 327 g/mol. The minimum Gasteiger partial charge on any atom is -0.361 e. The highest BCUT2D eigenvalue weighted by Crippen LogP contribution is 2.32. The number of benzene rings is 1. The SMILES string of the molecule is CCCc1cc([C@H]2CCCN2C(=O)Nc2ccc(CC)cc2)no1. The number of hydrogen-bond donors (Lipinski definition) is 1. The van der Waals surface area contributed by atoms with Gasteiger partial charge in [-0.05, 0) is 43.4 Å². The van der Waals surface area contributed by atoms with Crippen molar-refractivity contribution in [2.24, 2.45) is 0 Å². The lowest BCUT2D eigenvalue weighted by atomic mass is 10.1. The van der Waals surface area contributed by atoms with Crippen LogP contribution in [-0.4, -0.2) is 22.6 Å². The van der Waals surface area contributed by atoms with E-state index in [4.69, 9.17) is 4.52 Å². The molecule has 1 atom stereocenters. The standard InChI is InChI=1S/C19H25N3O2/c1-3-6-16-13-17(21-24-16)18-7-5-12-22(18)19(23)20-15-10-8-14(4-2)9-11-15/h8-11,13,18H,3-7,12H2,1-2H3,(H,20,23)/t18-/m1/s1. The van der Waals surface area contributed by atoms with E-state index in [0.717, 1.165) is 55.8 Å². The quantitative estimate of drug-likeness (QED) is 0.876. The normalized spacial score (nSPS) is 17.2. The van der Waals surface area contributed by atoms with Crippen LogP contribution in [0.1, 0.15) is 56.2 Å². The number of nitrogens with zero attached hydrogens (tertiary/aromatic N) is 2. The zero-order valence-corrected chi connectivity index (χ0v) is 14.4. The Labute approximate surface area is 143 Å². The zero-order chi connectivity index (χ0) is 16.9. The van der Waals surface area contributed by atoms with Crippen molar-refractivity contribution in [1.82, 2.24) is 10.1 Å². The number of amides is 2. The summed E-state index contributed by atoms with van der Waals surface area (Å²) in [6.07, 6.45) is 4.82. The van der Waals surface area contributed by atoms with E-state index in [0.29, 0.717) is 0 Å². The molecule has 0 saturated carbocycles. The van der Waals surface area contributed by atoms with Gasteiger partial charge >= 0.3 is 6.03 Å². The first kappa shape index (κ1) is 16.6. The van der Waals surface area contributed by atoms with Crippen molar-refractivity contribution in [3.8, 4) is 0 Å². The average Bonchev–Trinajstić information content (AvgIpc) is 3.24. The van der Waals surface area contributed by atoms with E-state index in [9.17, 15) is 4.79 Å². The Kier molecular flexibility index (Phi) is 5.18. The largest absolute Gasteiger partial charge is 0.361 e. The number of carbonyl (C=O) groups excluding carboxylic acids is 1. The number of carbonyl (C=O) groups is 1. The van der Waals surface area contributed by atoms with E-state index in [1.54, 1.807) is 0 Å². The van der Waals surface area contributed by atoms with Crippen LogP contribution in [0.5, 0.6) is 0 Å². The second kappa shape index (κ2) is 7.51. The van der Waals surface area contributed by atoms with Crippen molar-refractivity contribution in [2.75, 3.05) is 11.9 Å². The molecule has 2 amide bonds. The zero-order valence-electron chi connectivity index (χ0n) is 14.4. The molecule has 2 aromatic rings. The molecule has 128 valence electrons. The minimum atomic E-state index is -0.0678. The molecule has 1 saturated heterocycles. The van der Waals surface area contributed by atoms with Crippen LogP contribution >= 0.6 is 0 Å². The van der Waals surface area contributed by atoms with Gasteiger partial charge in [-0.25, -0.2) is 4.79 Å². The summed E-state index contributed by atoms with van der Waals surface area (Å²) in [6.45, 7) is 4.98. The molecule has 0 unspecified atom stereocenters. The first-order valence-electron chi connectivity index (χ1n) is 8.83. The van der Waals surface area contributed by atoms with Gasteiger partial charge in [-0.2, -0.15) is 0 Å². The minimum absolute atomic E-state index is 0.00858. The number of aromatic nitrogens is 1. The predicted molar refractivity (Wildman–Crippen MR) is 94.0 cm³/mol. The number of nitrogens with one attached hydrogen (secondary N) is 1. The molecule has 0 spiro atoms. The number of urea groups is 1. The van der Waals surface area contributed by atoms with Gasteiger partial charge in [0.15, 0.2) is 0 Å². The fourth-order valence-electron chi connectivity index (χ4n) is 3.19. The third kappa shape index (κ3) is 3.61. The highest BCUT2D eigenvalue weighted by Gasteiger charge is 2.32. The molecule has 1 aliphatic rings. The molecule has 1 aromatic heterocycles. The lowest BCUT2D eigenvalue weighted by molar-refractivity contribution is 0.204. The van der Waals surface area contributed by atoms with Gasteiger partial charge in [0.25, 0.3) is 0 Å². The van der Waals surface area contributed by atoms with Crippen molar-refractivity contribution in [3.05, 3.63) is 47.3 Å². The van der Waals surface area contributed by atoms with Gasteiger partial charge in [0, 0.05) is 24.7 Å². The van der Waals surface area contributed by atoms with Crippen molar-refractivity contribution < 1.29 is 9.32 Å². The highest BCUT2D eigenvalue weighted by atomic mass is 16.5. The van der Waals surface area contributed by atoms with E-state index in [1.807, 2.05) is 35.2 Å². The van der Waals surface area contributed by atoms with Crippen LogP contribution in [-0.2, 0) is 12.8 Å². The smallest absolute Gasteiger partial charge is 0.322 e. The molecule has 1 N–H and O–H groups in total. The number of likely N-dealkylation sites (tertiary alicyclic amines) is 1. The Hall–Kier alpha value is -2.30. The molecule has 1 aromatic carbocycles. The molecule has 0 radical (unpaired) electrons. The number of hydrogen-bond acceptors (Lipinski definition) is 3. The van der Waals surface area contributed by atoms with Crippen LogP contribution in [0, 0.1) is 0 Å². The summed E-state index contributed by atoms with van der Waals surface area (Å²) in [6, 6.07) is 9.94. The Morgan fingerprint density at radius 3 is 2.83 bits per heavy atom. The van der Waals surface area contributed by atoms with Crippen molar-refractivity contribution >= 4 is 11.7 Å². The molecular weight excluding hydrogens is 302 g/mol. The van der Waals surface area contributed by atoms with E-state index >= 15 is 0 Å². The molecule has 2 heterocycles. The van der Waals surface area contributed by atoms with Gasteiger partial charge in [-0.3, -0.25) is 0 Å².